The molecule has 2 aromatic rings. The van der Waals surface area contributed by atoms with Crippen LogP contribution in [-0.4, -0.2) is 46.7 Å². The lowest BCUT2D eigenvalue weighted by molar-refractivity contribution is -0.123. The lowest BCUT2D eigenvalue weighted by atomic mass is 10.1. The van der Waals surface area contributed by atoms with Gasteiger partial charge < -0.3 is 14.8 Å². The number of hydrogen-bond donors (Lipinski definition) is 2. The van der Waals surface area contributed by atoms with Crippen molar-refractivity contribution in [2.75, 3.05) is 20.3 Å². The first-order valence-electron chi connectivity index (χ1n) is 9.68. The number of rotatable bonds is 9. The lowest BCUT2D eigenvalue weighted by Crippen LogP contribution is -2.49. The van der Waals surface area contributed by atoms with Crippen molar-refractivity contribution in [1.82, 2.24) is 10.0 Å². The van der Waals surface area contributed by atoms with Gasteiger partial charge in [-0.15, -0.1) is 0 Å². The number of ether oxygens (including phenoxy) is 2. The highest BCUT2D eigenvalue weighted by atomic mass is 35.5. The van der Waals surface area contributed by atoms with Crippen LogP contribution in [0, 0.1) is 0 Å². The van der Waals surface area contributed by atoms with E-state index in [1.807, 2.05) is 30.3 Å². The Morgan fingerprint density at radius 3 is 2.70 bits per heavy atom. The predicted octanol–water partition coefficient (Wildman–Crippen LogP) is 2.53. The van der Waals surface area contributed by atoms with Crippen molar-refractivity contribution >= 4 is 27.5 Å². The Morgan fingerprint density at radius 1 is 1.27 bits per heavy atom. The second-order valence-corrected chi connectivity index (χ2v) is 9.16. The van der Waals surface area contributed by atoms with Gasteiger partial charge >= 0.3 is 0 Å². The molecule has 1 aliphatic heterocycles. The highest BCUT2D eigenvalue weighted by Gasteiger charge is 2.29. The van der Waals surface area contributed by atoms with Crippen molar-refractivity contribution in [3.63, 3.8) is 0 Å². The molecule has 9 heteroatoms. The normalized spacial score (nSPS) is 17.5. The van der Waals surface area contributed by atoms with Gasteiger partial charge in [0.1, 0.15) is 16.7 Å². The van der Waals surface area contributed by atoms with Crippen molar-refractivity contribution in [1.29, 1.82) is 0 Å². The van der Waals surface area contributed by atoms with Crippen LogP contribution in [0.3, 0.4) is 0 Å². The molecule has 2 atom stereocenters. The molecular formula is C21H25ClN2O5S. The van der Waals surface area contributed by atoms with E-state index in [2.05, 4.69) is 10.0 Å². The summed E-state index contributed by atoms with van der Waals surface area (Å²) in [6.07, 6.45) is 1.97. The third kappa shape index (κ3) is 5.95. The first kappa shape index (κ1) is 22.6. The van der Waals surface area contributed by atoms with E-state index in [-0.39, 0.29) is 28.2 Å². The number of halogens is 1. The molecule has 1 aliphatic rings. The predicted molar refractivity (Wildman–Crippen MR) is 114 cm³/mol. The average Bonchev–Trinajstić information content (AvgIpc) is 3.26. The van der Waals surface area contributed by atoms with Crippen LogP contribution in [0.4, 0.5) is 0 Å². The summed E-state index contributed by atoms with van der Waals surface area (Å²) in [5, 5.41) is 3.06. The monoisotopic (exact) mass is 452 g/mol. The fraction of sp³-hybridized carbons (Fsp3) is 0.381. The number of carbonyl (C=O) groups excluding carboxylic acids is 1. The van der Waals surface area contributed by atoms with Crippen molar-refractivity contribution in [2.45, 2.75) is 36.3 Å². The zero-order chi connectivity index (χ0) is 21.6. The Labute approximate surface area is 181 Å². The number of benzene rings is 2. The summed E-state index contributed by atoms with van der Waals surface area (Å²) in [5.74, 6) is -0.274. The van der Waals surface area contributed by atoms with Gasteiger partial charge in [0.05, 0.1) is 13.2 Å². The third-order valence-electron chi connectivity index (χ3n) is 4.84. The molecule has 7 nitrogen and oxygen atoms in total. The molecule has 0 unspecified atom stereocenters. The number of carbonyl (C=O) groups is 1. The molecule has 1 fully saturated rings. The van der Waals surface area contributed by atoms with Crippen molar-refractivity contribution in [3.05, 3.63) is 59.1 Å². The Balaban J connectivity index is 1.81. The maximum Gasteiger partial charge on any atom is 0.245 e. The Morgan fingerprint density at radius 2 is 2.03 bits per heavy atom. The molecule has 0 saturated carbocycles. The van der Waals surface area contributed by atoms with E-state index in [1.165, 1.54) is 25.3 Å². The average molecular weight is 453 g/mol. The van der Waals surface area contributed by atoms with Gasteiger partial charge in [-0.3, -0.25) is 4.79 Å². The number of amides is 1. The summed E-state index contributed by atoms with van der Waals surface area (Å²) >= 11 is 5.99. The number of sulfonamides is 1. The van der Waals surface area contributed by atoms with E-state index in [0.717, 1.165) is 18.4 Å². The van der Waals surface area contributed by atoms with Crippen molar-refractivity contribution in [2.24, 2.45) is 0 Å². The number of hydrogen-bond acceptors (Lipinski definition) is 5. The molecule has 0 aliphatic carbocycles. The first-order chi connectivity index (χ1) is 14.4. The molecule has 2 aromatic carbocycles. The van der Waals surface area contributed by atoms with Gasteiger partial charge in [-0.2, -0.15) is 4.72 Å². The third-order valence-corrected chi connectivity index (χ3v) is 6.57. The number of nitrogens with one attached hydrogen (secondary N) is 2. The van der Waals surface area contributed by atoms with Crippen LogP contribution in [0.5, 0.6) is 5.75 Å². The quantitative estimate of drug-likeness (QED) is 0.609. The van der Waals surface area contributed by atoms with Crippen LogP contribution in [0.2, 0.25) is 5.02 Å². The topological polar surface area (TPSA) is 93.7 Å². The molecule has 0 bridgehead atoms. The second-order valence-electron chi connectivity index (χ2n) is 7.04. The Kier molecular flexibility index (Phi) is 7.71. The zero-order valence-electron chi connectivity index (χ0n) is 16.6. The fourth-order valence-electron chi connectivity index (χ4n) is 3.29. The molecule has 0 radical (unpaired) electrons. The minimum atomic E-state index is -4.08. The minimum absolute atomic E-state index is 0.0454. The lowest BCUT2D eigenvalue weighted by Gasteiger charge is -2.20. The fourth-order valence-corrected chi connectivity index (χ4v) is 4.92. The largest absolute Gasteiger partial charge is 0.495 e. The van der Waals surface area contributed by atoms with Gasteiger partial charge in [-0.1, -0.05) is 41.9 Å². The summed E-state index contributed by atoms with van der Waals surface area (Å²) in [7, 11) is -2.71. The van der Waals surface area contributed by atoms with Gasteiger partial charge in [0, 0.05) is 18.2 Å². The van der Waals surface area contributed by atoms with Crippen LogP contribution < -0.4 is 14.8 Å². The van der Waals surface area contributed by atoms with E-state index in [0.29, 0.717) is 13.2 Å². The molecule has 162 valence electrons. The summed E-state index contributed by atoms with van der Waals surface area (Å²) in [5.41, 5.74) is 0.829. The van der Waals surface area contributed by atoms with Gasteiger partial charge in [-0.25, -0.2) is 8.42 Å². The maximum atomic E-state index is 13.1. The van der Waals surface area contributed by atoms with Gasteiger partial charge in [0.2, 0.25) is 15.9 Å². The van der Waals surface area contributed by atoms with Crippen LogP contribution in [0.15, 0.2) is 53.4 Å². The Hall–Kier alpha value is -2.13. The van der Waals surface area contributed by atoms with Crippen LogP contribution in [0.25, 0.3) is 0 Å². The van der Waals surface area contributed by atoms with Gasteiger partial charge in [-0.05, 0) is 43.0 Å². The van der Waals surface area contributed by atoms with Crippen LogP contribution in [-0.2, 0) is 26.0 Å². The van der Waals surface area contributed by atoms with Gasteiger partial charge in [0.15, 0.2) is 0 Å². The summed E-state index contributed by atoms with van der Waals surface area (Å²) in [4.78, 5) is 12.8. The SMILES string of the molecule is COc1ccc(Cl)cc1S(=O)(=O)N[C@H](Cc1ccccc1)C(=O)NC[C@H]1CCCO1. The van der Waals surface area contributed by atoms with Crippen molar-refractivity contribution in [3.8, 4) is 5.75 Å². The molecule has 0 spiro atoms. The molecule has 1 saturated heterocycles. The van der Waals surface area contributed by atoms with E-state index in [9.17, 15) is 13.2 Å². The first-order valence-corrected chi connectivity index (χ1v) is 11.5. The Bertz CT molecular complexity index is 963. The standard InChI is InChI=1S/C21H25ClN2O5S/c1-28-19-10-9-16(22)13-20(19)30(26,27)24-18(12-15-6-3-2-4-7-15)21(25)23-14-17-8-5-11-29-17/h2-4,6-7,9-10,13,17-18,24H,5,8,11-12,14H2,1H3,(H,23,25)/t17-,18-/m1/s1. The van der Waals surface area contributed by atoms with Crippen LogP contribution in [0.1, 0.15) is 18.4 Å². The summed E-state index contributed by atoms with van der Waals surface area (Å²) in [6.45, 7) is 1.02. The molecule has 3 rings (SSSR count). The maximum absolute atomic E-state index is 13.1. The second kappa shape index (κ2) is 10.3. The smallest absolute Gasteiger partial charge is 0.245 e. The summed E-state index contributed by atoms with van der Waals surface area (Å²) in [6, 6.07) is 12.5. The minimum Gasteiger partial charge on any atom is -0.495 e. The highest BCUT2D eigenvalue weighted by molar-refractivity contribution is 7.89. The molecule has 1 amide bonds. The van der Waals surface area contributed by atoms with Gasteiger partial charge in [0.25, 0.3) is 0 Å². The van der Waals surface area contributed by atoms with E-state index in [1.54, 1.807) is 0 Å². The van der Waals surface area contributed by atoms with E-state index in [4.69, 9.17) is 21.1 Å². The molecule has 1 heterocycles. The van der Waals surface area contributed by atoms with E-state index < -0.39 is 22.0 Å². The highest BCUT2D eigenvalue weighted by Crippen LogP contribution is 2.27. The van der Waals surface area contributed by atoms with Crippen LogP contribution >= 0.6 is 11.6 Å². The van der Waals surface area contributed by atoms with Crippen molar-refractivity contribution < 1.29 is 22.7 Å². The molecular weight excluding hydrogens is 428 g/mol. The molecule has 30 heavy (non-hydrogen) atoms. The number of methoxy groups -OCH3 is 1. The zero-order valence-corrected chi connectivity index (χ0v) is 18.2. The summed E-state index contributed by atoms with van der Waals surface area (Å²) < 4.78 is 39.4. The molecule has 2 N–H and O–H groups in total. The molecule has 0 aromatic heterocycles. The van der Waals surface area contributed by atoms with E-state index >= 15 is 0 Å².